The van der Waals surface area contributed by atoms with Crippen molar-refractivity contribution in [3.63, 3.8) is 0 Å². The van der Waals surface area contributed by atoms with Gasteiger partial charge >= 0.3 is 5.69 Å². The Morgan fingerprint density at radius 1 is 1.25 bits per heavy atom. The number of rotatable bonds is 7. The van der Waals surface area contributed by atoms with Gasteiger partial charge in [0.2, 0.25) is 0 Å². The number of aromatic nitrogens is 2. The number of hydrogen-bond acceptors (Lipinski definition) is 3. The van der Waals surface area contributed by atoms with Gasteiger partial charge in [0.15, 0.2) is 0 Å². The highest BCUT2D eigenvalue weighted by Crippen LogP contribution is 2.29. The van der Waals surface area contributed by atoms with E-state index in [0.717, 1.165) is 43.2 Å². The van der Waals surface area contributed by atoms with E-state index >= 15 is 0 Å². The zero-order valence-corrected chi connectivity index (χ0v) is 14.5. The third kappa shape index (κ3) is 3.46. The van der Waals surface area contributed by atoms with Crippen LogP contribution in [0.15, 0.2) is 27.8 Å². The zero-order valence-electron chi connectivity index (χ0n) is 14.5. The molecule has 1 atom stereocenters. The fourth-order valence-corrected chi connectivity index (χ4v) is 3.25. The second-order valence-corrected chi connectivity index (χ2v) is 6.98. The molecule has 1 aliphatic carbocycles. The maximum absolute atomic E-state index is 12.8. The van der Waals surface area contributed by atoms with Gasteiger partial charge in [-0.05, 0) is 69.6 Å². The quantitative estimate of drug-likeness (QED) is 0.847. The monoisotopic (exact) mass is 330 g/mol. The summed E-state index contributed by atoms with van der Waals surface area (Å²) >= 11 is 0. The van der Waals surface area contributed by atoms with Crippen LogP contribution < -0.4 is 11.2 Å². The Kier molecular flexibility index (Phi) is 4.90. The van der Waals surface area contributed by atoms with E-state index in [1.807, 2.05) is 25.1 Å². The molecule has 0 spiro atoms. The summed E-state index contributed by atoms with van der Waals surface area (Å²) in [5.74, 6) is 0.479. The van der Waals surface area contributed by atoms with Gasteiger partial charge in [-0.1, -0.05) is 6.07 Å². The van der Waals surface area contributed by atoms with Crippen molar-refractivity contribution >= 4 is 10.9 Å². The molecule has 0 aliphatic heterocycles. The number of benzene rings is 1. The van der Waals surface area contributed by atoms with E-state index in [9.17, 15) is 14.7 Å². The molecule has 0 radical (unpaired) electrons. The van der Waals surface area contributed by atoms with Gasteiger partial charge in [-0.3, -0.25) is 13.9 Å². The van der Waals surface area contributed by atoms with E-state index in [1.165, 1.54) is 4.57 Å². The summed E-state index contributed by atoms with van der Waals surface area (Å²) in [6, 6.07) is 5.80. The van der Waals surface area contributed by atoms with E-state index < -0.39 is 0 Å². The zero-order chi connectivity index (χ0) is 17.3. The maximum Gasteiger partial charge on any atom is 0.331 e. The predicted octanol–water partition coefficient (Wildman–Crippen LogP) is 2.30. The molecule has 5 heteroatoms. The molecule has 0 saturated heterocycles. The largest absolute Gasteiger partial charge is 0.393 e. The SMILES string of the molecule is CCn1c(=O)n(CC2CC2)c(=O)c2cc(CCCC(C)O)ccc21. The Morgan fingerprint density at radius 3 is 2.62 bits per heavy atom. The van der Waals surface area contributed by atoms with Crippen LogP contribution >= 0.6 is 0 Å². The molecule has 0 bridgehead atoms. The molecular weight excluding hydrogens is 304 g/mol. The Hall–Kier alpha value is -1.88. The fourth-order valence-electron chi connectivity index (χ4n) is 3.25. The first kappa shape index (κ1) is 17.0. The molecule has 1 fully saturated rings. The Bertz CT molecular complexity index is 844. The number of hydrogen-bond donors (Lipinski definition) is 1. The number of nitrogens with zero attached hydrogens (tertiary/aromatic N) is 2. The minimum Gasteiger partial charge on any atom is -0.393 e. The summed E-state index contributed by atoms with van der Waals surface area (Å²) in [6.07, 6.45) is 4.37. The van der Waals surface area contributed by atoms with Crippen molar-refractivity contribution in [2.45, 2.75) is 65.1 Å². The van der Waals surface area contributed by atoms with Crippen LogP contribution in [0.5, 0.6) is 0 Å². The Labute approximate surface area is 141 Å². The first-order valence-electron chi connectivity index (χ1n) is 8.95. The Balaban J connectivity index is 2.03. The molecule has 130 valence electrons. The summed E-state index contributed by atoms with van der Waals surface area (Å²) in [6.45, 7) is 4.82. The summed E-state index contributed by atoms with van der Waals surface area (Å²) in [7, 11) is 0. The molecule has 1 saturated carbocycles. The minimum absolute atomic E-state index is 0.163. The second-order valence-electron chi connectivity index (χ2n) is 6.98. The lowest BCUT2D eigenvalue weighted by Crippen LogP contribution is -2.40. The number of aryl methyl sites for hydroxylation is 2. The van der Waals surface area contributed by atoms with Gasteiger partial charge in [0.05, 0.1) is 17.0 Å². The smallest absolute Gasteiger partial charge is 0.331 e. The van der Waals surface area contributed by atoms with Crippen LogP contribution in [0.1, 0.15) is 45.1 Å². The minimum atomic E-state index is -0.300. The molecule has 3 rings (SSSR count). The highest BCUT2D eigenvalue weighted by molar-refractivity contribution is 5.78. The van der Waals surface area contributed by atoms with E-state index in [1.54, 1.807) is 11.5 Å². The number of aliphatic hydroxyl groups excluding tert-OH is 1. The van der Waals surface area contributed by atoms with Crippen molar-refractivity contribution in [1.29, 1.82) is 0 Å². The van der Waals surface area contributed by atoms with Crippen LogP contribution in [0.2, 0.25) is 0 Å². The Morgan fingerprint density at radius 2 is 2.00 bits per heavy atom. The first-order chi connectivity index (χ1) is 11.5. The van der Waals surface area contributed by atoms with E-state index in [0.29, 0.717) is 24.4 Å². The topological polar surface area (TPSA) is 64.2 Å². The van der Waals surface area contributed by atoms with Crippen LogP contribution in [0.4, 0.5) is 0 Å². The normalized spacial score (nSPS) is 15.8. The lowest BCUT2D eigenvalue weighted by Gasteiger charge is -2.13. The molecule has 1 heterocycles. The van der Waals surface area contributed by atoms with Crippen LogP contribution in [-0.4, -0.2) is 20.3 Å². The van der Waals surface area contributed by atoms with Gasteiger partial charge in [-0.2, -0.15) is 0 Å². The van der Waals surface area contributed by atoms with Gasteiger partial charge in [-0.15, -0.1) is 0 Å². The molecule has 24 heavy (non-hydrogen) atoms. The van der Waals surface area contributed by atoms with Crippen molar-refractivity contribution in [2.24, 2.45) is 5.92 Å². The van der Waals surface area contributed by atoms with Crippen LogP contribution in [0, 0.1) is 5.92 Å². The highest BCUT2D eigenvalue weighted by Gasteiger charge is 2.24. The van der Waals surface area contributed by atoms with Gasteiger partial charge in [0.1, 0.15) is 0 Å². The molecular formula is C19H26N2O3. The van der Waals surface area contributed by atoms with E-state index in [-0.39, 0.29) is 17.4 Å². The highest BCUT2D eigenvalue weighted by atomic mass is 16.3. The van der Waals surface area contributed by atoms with E-state index in [4.69, 9.17) is 0 Å². The van der Waals surface area contributed by atoms with Crippen molar-refractivity contribution < 1.29 is 5.11 Å². The van der Waals surface area contributed by atoms with Gasteiger partial charge < -0.3 is 5.11 Å². The molecule has 1 unspecified atom stereocenters. The summed E-state index contributed by atoms with van der Waals surface area (Å²) in [4.78, 5) is 25.5. The maximum atomic E-state index is 12.8. The number of fused-ring (bicyclic) bond motifs is 1. The molecule has 5 nitrogen and oxygen atoms in total. The lowest BCUT2D eigenvalue weighted by molar-refractivity contribution is 0.182. The fraction of sp³-hybridized carbons (Fsp3) is 0.579. The van der Waals surface area contributed by atoms with Gasteiger partial charge in [-0.25, -0.2) is 4.79 Å². The first-order valence-corrected chi connectivity index (χ1v) is 8.95. The third-order valence-corrected chi connectivity index (χ3v) is 4.83. The lowest BCUT2D eigenvalue weighted by atomic mass is 10.0. The number of aliphatic hydroxyl groups is 1. The molecule has 0 amide bonds. The second kappa shape index (κ2) is 6.93. The molecule has 1 N–H and O–H groups in total. The van der Waals surface area contributed by atoms with Gasteiger partial charge in [0.25, 0.3) is 5.56 Å². The average molecular weight is 330 g/mol. The third-order valence-electron chi connectivity index (χ3n) is 4.83. The summed E-state index contributed by atoms with van der Waals surface area (Å²) in [5, 5.41) is 10.0. The molecule has 2 aromatic rings. The van der Waals surface area contributed by atoms with Crippen molar-refractivity contribution in [3.05, 3.63) is 44.6 Å². The standard InChI is InChI=1S/C19H26N2O3/c1-3-20-17-10-9-14(6-4-5-13(2)22)11-16(17)18(23)21(19(20)24)12-15-7-8-15/h9-11,13,15,22H,3-8,12H2,1-2H3. The van der Waals surface area contributed by atoms with Crippen LogP contribution in [-0.2, 0) is 19.5 Å². The molecule has 1 aliphatic rings. The molecule has 1 aromatic carbocycles. The average Bonchev–Trinajstić information content (AvgIpc) is 3.36. The summed E-state index contributed by atoms with van der Waals surface area (Å²) < 4.78 is 3.11. The van der Waals surface area contributed by atoms with Gasteiger partial charge in [0, 0.05) is 13.1 Å². The van der Waals surface area contributed by atoms with Crippen LogP contribution in [0.25, 0.3) is 10.9 Å². The molecule has 1 aromatic heterocycles. The van der Waals surface area contributed by atoms with Crippen molar-refractivity contribution in [2.75, 3.05) is 0 Å². The van der Waals surface area contributed by atoms with E-state index in [2.05, 4.69) is 0 Å². The van der Waals surface area contributed by atoms with Crippen molar-refractivity contribution in [3.8, 4) is 0 Å². The predicted molar refractivity (Wildman–Crippen MR) is 95.5 cm³/mol. The van der Waals surface area contributed by atoms with Crippen molar-refractivity contribution in [1.82, 2.24) is 9.13 Å². The van der Waals surface area contributed by atoms with Crippen LogP contribution in [0.3, 0.4) is 0 Å². The summed E-state index contributed by atoms with van der Waals surface area (Å²) in [5.41, 5.74) is 1.45.